The van der Waals surface area contributed by atoms with E-state index in [0.29, 0.717) is 15.7 Å². The summed E-state index contributed by atoms with van der Waals surface area (Å²) in [7, 11) is -3.62. The molecule has 0 spiro atoms. The number of halogens is 1. The van der Waals surface area contributed by atoms with Gasteiger partial charge < -0.3 is 0 Å². The molecule has 102 valence electrons. The van der Waals surface area contributed by atoms with Crippen LogP contribution in [-0.2, 0) is 10.0 Å². The Kier molecular flexibility index (Phi) is 3.37. The van der Waals surface area contributed by atoms with Gasteiger partial charge in [-0.05, 0) is 30.3 Å². The monoisotopic (exact) mass is 324 g/mol. The number of benzene rings is 2. The molecule has 0 aliphatic carbocycles. The maximum Gasteiger partial charge on any atom is 0.261 e. The van der Waals surface area contributed by atoms with E-state index in [0.717, 1.165) is 4.70 Å². The number of nitrogens with one attached hydrogen (secondary N) is 1. The zero-order chi connectivity index (χ0) is 14.2. The average Bonchev–Trinajstić information content (AvgIpc) is 2.78. The fraction of sp³-hybridized carbons (Fsp3) is 0. The predicted molar refractivity (Wildman–Crippen MR) is 81.9 cm³/mol. The van der Waals surface area contributed by atoms with Gasteiger partial charge in [-0.1, -0.05) is 29.8 Å². The molecular formula is C13H9ClN2O2S2. The van der Waals surface area contributed by atoms with E-state index in [4.69, 9.17) is 11.6 Å². The molecule has 0 aliphatic heterocycles. The van der Waals surface area contributed by atoms with Crippen LogP contribution in [0.3, 0.4) is 0 Å². The lowest BCUT2D eigenvalue weighted by molar-refractivity contribution is 0.601. The third-order valence-electron chi connectivity index (χ3n) is 2.67. The van der Waals surface area contributed by atoms with E-state index < -0.39 is 10.0 Å². The highest BCUT2D eigenvalue weighted by molar-refractivity contribution is 7.92. The van der Waals surface area contributed by atoms with Crippen LogP contribution in [0.2, 0.25) is 4.47 Å². The summed E-state index contributed by atoms with van der Waals surface area (Å²) in [4.78, 5) is 4.25. The van der Waals surface area contributed by atoms with Crippen molar-refractivity contribution in [2.75, 3.05) is 4.72 Å². The van der Waals surface area contributed by atoms with Crippen LogP contribution in [0.15, 0.2) is 53.4 Å². The van der Waals surface area contributed by atoms with E-state index in [1.807, 2.05) is 6.07 Å². The minimum absolute atomic E-state index is 0.163. The van der Waals surface area contributed by atoms with Gasteiger partial charge in [0.25, 0.3) is 10.0 Å². The van der Waals surface area contributed by atoms with E-state index in [1.54, 1.807) is 36.4 Å². The van der Waals surface area contributed by atoms with Gasteiger partial charge in [0.1, 0.15) is 0 Å². The molecule has 4 nitrogen and oxygen atoms in total. The Morgan fingerprint density at radius 2 is 1.85 bits per heavy atom. The van der Waals surface area contributed by atoms with Crippen LogP contribution in [0.5, 0.6) is 0 Å². The molecule has 1 N–H and O–H groups in total. The minimum Gasteiger partial charge on any atom is -0.280 e. The van der Waals surface area contributed by atoms with Gasteiger partial charge in [0, 0.05) is 5.69 Å². The highest BCUT2D eigenvalue weighted by atomic mass is 35.5. The van der Waals surface area contributed by atoms with Crippen LogP contribution < -0.4 is 4.72 Å². The van der Waals surface area contributed by atoms with Gasteiger partial charge in [-0.2, -0.15) is 0 Å². The molecule has 0 fully saturated rings. The Hall–Kier alpha value is -1.63. The summed E-state index contributed by atoms with van der Waals surface area (Å²) in [5, 5.41) is 0. The Balaban J connectivity index is 2.00. The van der Waals surface area contributed by atoms with E-state index in [1.165, 1.54) is 17.4 Å². The fourth-order valence-corrected chi connectivity index (χ4v) is 3.86. The van der Waals surface area contributed by atoms with Crippen LogP contribution in [-0.4, -0.2) is 13.4 Å². The molecular weight excluding hydrogens is 316 g/mol. The molecule has 3 rings (SSSR count). The molecule has 3 aromatic rings. The summed E-state index contributed by atoms with van der Waals surface area (Å²) in [5.41, 5.74) is 1.10. The lowest BCUT2D eigenvalue weighted by Crippen LogP contribution is -2.12. The molecule has 2 aromatic carbocycles. The minimum atomic E-state index is -3.62. The highest BCUT2D eigenvalue weighted by Crippen LogP contribution is 2.28. The molecule has 0 radical (unpaired) electrons. The molecule has 1 heterocycles. The summed E-state index contributed by atoms with van der Waals surface area (Å²) in [6.07, 6.45) is 0. The van der Waals surface area contributed by atoms with Crippen molar-refractivity contribution in [3.63, 3.8) is 0 Å². The Labute approximate surface area is 125 Å². The van der Waals surface area contributed by atoms with Crippen molar-refractivity contribution in [2.24, 2.45) is 0 Å². The second kappa shape index (κ2) is 5.05. The topological polar surface area (TPSA) is 59.1 Å². The number of hydrogen-bond donors (Lipinski definition) is 1. The molecule has 0 unspecified atom stereocenters. The van der Waals surface area contributed by atoms with Crippen molar-refractivity contribution in [2.45, 2.75) is 4.90 Å². The lowest BCUT2D eigenvalue weighted by atomic mass is 10.3. The van der Waals surface area contributed by atoms with Crippen LogP contribution in [0.4, 0.5) is 5.69 Å². The van der Waals surface area contributed by atoms with Crippen molar-refractivity contribution in [3.05, 3.63) is 53.0 Å². The van der Waals surface area contributed by atoms with Crippen molar-refractivity contribution < 1.29 is 8.42 Å². The third-order valence-corrected chi connectivity index (χ3v) is 5.19. The molecule has 20 heavy (non-hydrogen) atoms. The summed E-state index contributed by atoms with van der Waals surface area (Å²) in [6, 6.07) is 13.5. The van der Waals surface area contributed by atoms with Gasteiger partial charge in [0.05, 0.1) is 15.1 Å². The molecule has 7 heteroatoms. The summed E-state index contributed by atoms with van der Waals surface area (Å²) in [6.45, 7) is 0. The van der Waals surface area contributed by atoms with Crippen LogP contribution >= 0.6 is 22.9 Å². The normalized spacial score (nSPS) is 11.7. The second-order valence-electron chi connectivity index (χ2n) is 4.07. The maximum atomic E-state index is 12.3. The van der Waals surface area contributed by atoms with E-state index >= 15 is 0 Å². The Morgan fingerprint density at radius 1 is 1.10 bits per heavy atom. The van der Waals surface area contributed by atoms with Crippen molar-refractivity contribution in [1.82, 2.24) is 4.98 Å². The number of fused-ring (bicyclic) bond motifs is 1. The van der Waals surface area contributed by atoms with Gasteiger partial charge in [0.15, 0.2) is 4.47 Å². The second-order valence-corrected chi connectivity index (χ2v) is 7.36. The number of rotatable bonds is 3. The van der Waals surface area contributed by atoms with Crippen molar-refractivity contribution in [3.8, 4) is 0 Å². The number of para-hydroxylation sites is 1. The summed E-state index contributed by atoms with van der Waals surface area (Å²) in [5.74, 6) is 0. The number of hydrogen-bond acceptors (Lipinski definition) is 4. The maximum absolute atomic E-state index is 12.3. The standard InChI is InChI=1S/C13H9ClN2O2S2/c14-13-15-11-8-10(6-7-12(11)19-13)20(17,18)16-9-4-2-1-3-5-9/h1-8,16H. The predicted octanol–water partition coefficient (Wildman–Crippen LogP) is 3.75. The van der Waals surface area contributed by atoms with Gasteiger partial charge in [-0.3, -0.25) is 4.72 Å². The number of anilines is 1. The number of sulfonamides is 1. The van der Waals surface area contributed by atoms with Gasteiger partial charge >= 0.3 is 0 Å². The zero-order valence-electron chi connectivity index (χ0n) is 10.1. The van der Waals surface area contributed by atoms with Crippen LogP contribution in [0.1, 0.15) is 0 Å². The number of nitrogens with zero attached hydrogens (tertiary/aromatic N) is 1. The summed E-state index contributed by atoms with van der Waals surface area (Å²) >= 11 is 7.14. The first kappa shape index (κ1) is 13.4. The number of thiazole rings is 1. The highest BCUT2D eigenvalue weighted by Gasteiger charge is 2.15. The molecule has 1 aromatic heterocycles. The quantitative estimate of drug-likeness (QED) is 0.798. The lowest BCUT2D eigenvalue weighted by Gasteiger charge is -2.07. The molecule has 0 saturated carbocycles. The summed E-state index contributed by atoms with van der Waals surface area (Å²) < 4.78 is 28.3. The smallest absolute Gasteiger partial charge is 0.261 e. The Morgan fingerprint density at radius 3 is 2.60 bits per heavy atom. The largest absolute Gasteiger partial charge is 0.280 e. The molecule has 0 saturated heterocycles. The SMILES string of the molecule is O=S(=O)(Nc1ccccc1)c1ccc2sc(Cl)nc2c1. The van der Waals surface area contributed by atoms with Gasteiger partial charge in [0.2, 0.25) is 0 Å². The van der Waals surface area contributed by atoms with Gasteiger partial charge in [-0.15, -0.1) is 11.3 Å². The van der Waals surface area contributed by atoms with E-state index in [2.05, 4.69) is 9.71 Å². The first-order valence-electron chi connectivity index (χ1n) is 5.68. The van der Waals surface area contributed by atoms with Gasteiger partial charge in [-0.25, -0.2) is 13.4 Å². The van der Waals surface area contributed by atoms with E-state index in [-0.39, 0.29) is 4.90 Å². The fourth-order valence-electron chi connectivity index (χ4n) is 1.77. The number of aromatic nitrogens is 1. The van der Waals surface area contributed by atoms with Crippen molar-refractivity contribution >= 4 is 48.9 Å². The van der Waals surface area contributed by atoms with E-state index in [9.17, 15) is 8.42 Å². The molecule has 0 atom stereocenters. The van der Waals surface area contributed by atoms with Crippen LogP contribution in [0.25, 0.3) is 10.2 Å². The zero-order valence-corrected chi connectivity index (χ0v) is 12.5. The molecule has 0 amide bonds. The Bertz CT molecular complexity index is 860. The first-order valence-corrected chi connectivity index (χ1v) is 8.36. The molecule has 0 bridgehead atoms. The average molecular weight is 325 g/mol. The van der Waals surface area contributed by atoms with Crippen LogP contribution in [0, 0.1) is 0 Å². The third kappa shape index (κ3) is 2.63. The van der Waals surface area contributed by atoms with Crippen molar-refractivity contribution in [1.29, 1.82) is 0 Å². The molecule has 0 aliphatic rings. The first-order chi connectivity index (χ1) is 9.54.